The zero-order valence-corrected chi connectivity index (χ0v) is 17.0. The minimum Gasteiger partial charge on any atom is -0.465 e. The van der Waals surface area contributed by atoms with E-state index in [4.69, 9.17) is 26.2 Å². The molecule has 1 aromatic heterocycles. The molecule has 10 heteroatoms. The number of nitrogens with one attached hydrogen (secondary N) is 2. The van der Waals surface area contributed by atoms with E-state index in [2.05, 4.69) is 15.5 Å². The number of nitrogens with zero attached hydrogens (tertiary/aromatic N) is 2. The summed E-state index contributed by atoms with van der Waals surface area (Å²) in [5.74, 6) is 0.339. The molecule has 2 heterocycles. The second-order valence-corrected chi connectivity index (χ2v) is 7.29. The second-order valence-electron chi connectivity index (χ2n) is 6.89. The number of piperidine rings is 1. The zero-order valence-electron chi connectivity index (χ0n) is 16.2. The Bertz CT molecular complexity index is 859. The number of carbonyl (C=O) groups is 1. The summed E-state index contributed by atoms with van der Waals surface area (Å²) < 4.78 is 24.5. The van der Waals surface area contributed by atoms with Crippen molar-refractivity contribution in [3.8, 4) is 0 Å². The number of hydrogen-bond acceptors (Lipinski definition) is 5. The van der Waals surface area contributed by atoms with Gasteiger partial charge in [-0.25, -0.2) is 9.18 Å². The van der Waals surface area contributed by atoms with E-state index in [0.717, 1.165) is 30.8 Å². The first kappa shape index (κ1) is 21.4. The van der Waals surface area contributed by atoms with Gasteiger partial charge in [0.25, 0.3) is 0 Å². The van der Waals surface area contributed by atoms with Gasteiger partial charge in [-0.2, -0.15) is 5.10 Å². The molecule has 3 rings (SSSR count). The van der Waals surface area contributed by atoms with Crippen LogP contribution < -0.4 is 10.2 Å². The molecule has 1 fully saturated rings. The number of H-pyrrole nitrogens is 1. The molecule has 0 bridgehead atoms. The van der Waals surface area contributed by atoms with Gasteiger partial charge in [-0.1, -0.05) is 11.6 Å². The lowest BCUT2D eigenvalue weighted by Crippen LogP contribution is -2.47. The maximum absolute atomic E-state index is 13.8. The Morgan fingerprint density at radius 2 is 2.24 bits per heavy atom. The van der Waals surface area contributed by atoms with Crippen LogP contribution in [0.1, 0.15) is 36.0 Å². The minimum atomic E-state index is -1.05. The molecular formula is C19H24ClFN4O4. The monoisotopic (exact) mass is 426 g/mol. The fourth-order valence-corrected chi connectivity index (χ4v) is 3.85. The normalized spacial score (nSPS) is 17.0. The molecule has 1 saturated heterocycles. The van der Waals surface area contributed by atoms with Gasteiger partial charge in [-0.15, -0.1) is 0 Å². The number of anilines is 1. The number of rotatable bonds is 7. The maximum Gasteiger partial charge on any atom is 0.404 e. The average Bonchev–Trinajstić information content (AvgIpc) is 3.09. The predicted octanol–water partition coefficient (Wildman–Crippen LogP) is 3.32. The predicted molar refractivity (Wildman–Crippen MR) is 106 cm³/mol. The van der Waals surface area contributed by atoms with Crippen molar-refractivity contribution < 1.29 is 23.8 Å². The number of ether oxygens (including phenoxy) is 2. The van der Waals surface area contributed by atoms with Crippen LogP contribution in [0, 0.1) is 5.82 Å². The number of benzene rings is 1. The first-order chi connectivity index (χ1) is 13.9. The molecule has 0 unspecified atom stereocenters. The molecule has 1 atom stereocenters. The van der Waals surface area contributed by atoms with Crippen LogP contribution in [0.15, 0.2) is 18.2 Å². The van der Waals surface area contributed by atoms with E-state index < -0.39 is 12.4 Å². The number of methoxy groups -OCH3 is 2. The molecule has 0 aliphatic carbocycles. The molecule has 8 nitrogen and oxygen atoms in total. The quantitative estimate of drug-likeness (QED) is 0.587. The number of hydrogen-bond donors (Lipinski definition) is 3. The van der Waals surface area contributed by atoms with E-state index in [1.807, 2.05) is 4.90 Å². The fraction of sp³-hybridized carbons (Fsp3) is 0.474. The molecule has 1 amide bonds. The first-order valence-electron chi connectivity index (χ1n) is 9.24. The zero-order chi connectivity index (χ0) is 21.0. The van der Waals surface area contributed by atoms with Crippen molar-refractivity contribution in [2.24, 2.45) is 0 Å². The third-order valence-electron chi connectivity index (χ3n) is 4.97. The first-order valence-corrected chi connectivity index (χ1v) is 9.61. The van der Waals surface area contributed by atoms with Crippen molar-refractivity contribution in [3.63, 3.8) is 0 Å². The molecule has 1 aliphatic heterocycles. The smallest absolute Gasteiger partial charge is 0.404 e. The van der Waals surface area contributed by atoms with Crippen molar-refractivity contribution in [2.75, 3.05) is 32.2 Å². The van der Waals surface area contributed by atoms with Crippen molar-refractivity contribution in [1.82, 2.24) is 15.5 Å². The van der Waals surface area contributed by atoms with Gasteiger partial charge in [0.05, 0.1) is 0 Å². The SMILES string of the molecule is COC(OC)c1n[nH]c(N2CCC[C@@H](NC(=O)O)C2)c1Cc1cc(F)ccc1Cl. The number of aromatic amines is 1. The maximum atomic E-state index is 13.8. The van der Waals surface area contributed by atoms with Gasteiger partial charge in [0.15, 0.2) is 0 Å². The molecule has 3 N–H and O–H groups in total. The van der Waals surface area contributed by atoms with E-state index in [0.29, 0.717) is 29.2 Å². The van der Waals surface area contributed by atoms with E-state index >= 15 is 0 Å². The summed E-state index contributed by atoms with van der Waals surface area (Å²) in [6.07, 6.45) is 0.132. The molecular weight excluding hydrogens is 403 g/mol. The van der Waals surface area contributed by atoms with Crippen LogP contribution >= 0.6 is 11.6 Å². The fourth-order valence-electron chi connectivity index (χ4n) is 3.66. The van der Waals surface area contributed by atoms with Crippen molar-refractivity contribution in [3.05, 3.63) is 45.9 Å². The number of carboxylic acid groups (broad SMARTS) is 1. The van der Waals surface area contributed by atoms with Gasteiger partial charge in [0.2, 0.25) is 6.29 Å². The topological polar surface area (TPSA) is 99.7 Å². The van der Waals surface area contributed by atoms with Crippen LogP contribution in [0.5, 0.6) is 0 Å². The van der Waals surface area contributed by atoms with Crippen molar-refractivity contribution in [2.45, 2.75) is 31.6 Å². The van der Waals surface area contributed by atoms with E-state index in [1.54, 1.807) is 0 Å². The summed E-state index contributed by atoms with van der Waals surface area (Å²) in [6.45, 7) is 1.22. The van der Waals surface area contributed by atoms with Gasteiger partial charge in [0, 0.05) is 50.4 Å². The average molecular weight is 427 g/mol. The Hall–Kier alpha value is -2.36. The second kappa shape index (κ2) is 9.43. The van der Waals surface area contributed by atoms with Crippen LogP contribution in [0.3, 0.4) is 0 Å². The molecule has 2 aromatic rings. The Balaban J connectivity index is 1.96. The van der Waals surface area contributed by atoms with Crippen LogP contribution in [-0.4, -0.2) is 54.7 Å². The molecule has 1 aromatic carbocycles. The van der Waals surface area contributed by atoms with Gasteiger partial charge in [-0.05, 0) is 36.6 Å². The number of aromatic nitrogens is 2. The molecule has 0 spiro atoms. The van der Waals surface area contributed by atoms with E-state index in [1.165, 1.54) is 32.4 Å². The Morgan fingerprint density at radius 1 is 1.48 bits per heavy atom. The van der Waals surface area contributed by atoms with Crippen molar-refractivity contribution in [1.29, 1.82) is 0 Å². The Morgan fingerprint density at radius 3 is 2.93 bits per heavy atom. The largest absolute Gasteiger partial charge is 0.465 e. The number of amides is 1. The summed E-state index contributed by atoms with van der Waals surface area (Å²) in [4.78, 5) is 13.1. The molecule has 29 heavy (non-hydrogen) atoms. The summed E-state index contributed by atoms with van der Waals surface area (Å²) >= 11 is 6.28. The summed E-state index contributed by atoms with van der Waals surface area (Å²) in [5.41, 5.74) is 1.92. The summed E-state index contributed by atoms with van der Waals surface area (Å²) in [5, 5.41) is 19.4. The number of halogens is 2. The molecule has 0 saturated carbocycles. The third kappa shape index (κ3) is 4.98. The lowest BCUT2D eigenvalue weighted by molar-refractivity contribution is -0.109. The lowest BCUT2D eigenvalue weighted by Gasteiger charge is -2.34. The van der Waals surface area contributed by atoms with Crippen LogP contribution in [-0.2, 0) is 15.9 Å². The highest BCUT2D eigenvalue weighted by Crippen LogP contribution is 2.33. The standard InChI is InChI=1S/C19H24ClFN4O4/c1-28-18(29-2)16-14(9-11-8-12(21)5-6-15(11)20)17(24-23-16)25-7-3-4-13(10-25)22-19(26)27/h5-6,8,13,18,22H,3-4,7,9-10H2,1-2H3,(H,23,24)(H,26,27)/t13-/m1/s1. The van der Waals surface area contributed by atoms with Crippen LogP contribution in [0.2, 0.25) is 5.02 Å². The Kier molecular flexibility index (Phi) is 6.94. The third-order valence-corrected chi connectivity index (χ3v) is 5.34. The van der Waals surface area contributed by atoms with Crippen LogP contribution in [0.25, 0.3) is 0 Å². The lowest BCUT2D eigenvalue weighted by atomic mass is 10.0. The highest BCUT2D eigenvalue weighted by Gasteiger charge is 2.28. The summed E-state index contributed by atoms with van der Waals surface area (Å²) in [7, 11) is 3.02. The molecule has 1 aliphatic rings. The van der Waals surface area contributed by atoms with E-state index in [-0.39, 0.29) is 11.9 Å². The highest BCUT2D eigenvalue weighted by atomic mass is 35.5. The highest BCUT2D eigenvalue weighted by molar-refractivity contribution is 6.31. The van der Waals surface area contributed by atoms with Crippen molar-refractivity contribution >= 4 is 23.5 Å². The van der Waals surface area contributed by atoms with Gasteiger partial charge in [-0.3, -0.25) is 5.10 Å². The van der Waals surface area contributed by atoms with Gasteiger partial charge < -0.3 is 24.8 Å². The van der Waals surface area contributed by atoms with Gasteiger partial charge >= 0.3 is 6.09 Å². The minimum absolute atomic E-state index is 0.195. The summed E-state index contributed by atoms with van der Waals surface area (Å²) in [6, 6.07) is 4.02. The Labute approximate surface area is 172 Å². The van der Waals surface area contributed by atoms with Gasteiger partial charge in [0.1, 0.15) is 17.3 Å². The van der Waals surface area contributed by atoms with Crippen LogP contribution in [0.4, 0.5) is 15.0 Å². The molecule has 158 valence electrons. The molecule has 0 radical (unpaired) electrons. The van der Waals surface area contributed by atoms with E-state index in [9.17, 15) is 9.18 Å².